The number of rotatable bonds is 6. The van der Waals surface area contributed by atoms with Crippen molar-refractivity contribution >= 4 is 27.3 Å². The first-order valence-corrected chi connectivity index (χ1v) is 8.31. The number of ether oxygens (including phenoxy) is 1. The molecule has 1 aromatic heterocycles. The lowest BCUT2D eigenvalue weighted by Crippen LogP contribution is -2.22. The summed E-state index contributed by atoms with van der Waals surface area (Å²) >= 11 is 3.33. The number of hydrogen-bond donors (Lipinski definition) is 1. The average molecular weight is 405 g/mol. The zero-order valence-corrected chi connectivity index (χ0v) is 15.4. The van der Waals surface area contributed by atoms with Crippen LogP contribution >= 0.6 is 15.9 Å². The molecule has 8 heteroatoms. The Hall–Kier alpha value is -2.50. The highest BCUT2D eigenvalue weighted by atomic mass is 79.9. The molecule has 0 unspecified atom stereocenters. The van der Waals surface area contributed by atoms with Crippen molar-refractivity contribution in [2.75, 3.05) is 13.7 Å². The number of hydrogen-bond acceptors (Lipinski definition) is 6. The van der Waals surface area contributed by atoms with E-state index in [1.165, 1.54) is 0 Å². The van der Waals surface area contributed by atoms with Gasteiger partial charge in [-0.2, -0.15) is 10.4 Å². The second-order valence-electron chi connectivity index (χ2n) is 5.26. The third-order valence-corrected chi connectivity index (χ3v) is 4.12. The summed E-state index contributed by atoms with van der Waals surface area (Å²) < 4.78 is 6.99. The molecule has 0 atom stereocenters. The maximum atomic E-state index is 12.6. The van der Waals surface area contributed by atoms with E-state index in [0.29, 0.717) is 24.3 Å². The van der Waals surface area contributed by atoms with E-state index in [1.807, 2.05) is 18.2 Å². The van der Waals surface area contributed by atoms with Gasteiger partial charge in [-0.15, -0.1) is 5.11 Å². The maximum absolute atomic E-state index is 12.6. The lowest BCUT2D eigenvalue weighted by molar-refractivity contribution is 0.188. The van der Waals surface area contributed by atoms with Crippen LogP contribution in [0.4, 0.5) is 11.4 Å². The first-order chi connectivity index (χ1) is 12.0. The molecule has 0 aliphatic carbocycles. The Balaban J connectivity index is 2.49. The molecule has 130 valence electrons. The second kappa shape index (κ2) is 8.55. The number of benzene rings is 1. The summed E-state index contributed by atoms with van der Waals surface area (Å²) in [4.78, 5) is 12.6. The Kier molecular flexibility index (Phi) is 6.44. The fourth-order valence-corrected chi connectivity index (χ4v) is 2.51. The number of pyridine rings is 1. The zero-order chi connectivity index (χ0) is 18.4. The van der Waals surface area contributed by atoms with Gasteiger partial charge in [0.25, 0.3) is 5.56 Å². The van der Waals surface area contributed by atoms with Gasteiger partial charge in [0.1, 0.15) is 11.6 Å². The van der Waals surface area contributed by atoms with Gasteiger partial charge in [0, 0.05) is 30.3 Å². The summed E-state index contributed by atoms with van der Waals surface area (Å²) in [5.41, 5.74) is 0.427. The van der Waals surface area contributed by atoms with Gasteiger partial charge in [-0.05, 0) is 37.6 Å². The van der Waals surface area contributed by atoms with Gasteiger partial charge in [0.15, 0.2) is 5.69 Å². The SMILES string of the molecule is COCCCn1c(O)c(C#N)c(C)c(N=Nc2ccc(Br)cc2)c1=O. The minimum atomic E-state index is -0.494. The van der Waals surface area contributed by atoms with Crippen molar-refractivity contribution < 1.29 is 9.84 Å². The molecular formula is C17H17BrN4O3. The smallest absolute Gasteiger partial charge is 0.281 e. The van der Waals surface area contributed by atoms with Gasteiger partial charge in [-0.3, -0.25) is 9.36 Å². The Bertz CT molecular complexity index is 883. The number of halogens is 1. The highest BCUT2D eigenvalue weighted by Crippen LogP contribution is 2.27. The third-order valence-electron chi connectivity index (χ3n) is 3.59. The topological polar surface area (TPSA) is 100.0 Å². The molecule has 2 aromatic rings. The van der Waals surface area contributed by atoms with E-state index in [-0.39, 0.29) is 23.7 Å². The molecule has 0 spiro atoms. The number of nitriles is 1. The largest absolute Gasteiger partial charge is 0.493 e. The minimum absolute atomic E-state index is 0.0155. The molecule has 0 bridgehead atoms. The summed E-state index contributed by atoms with van der Waals surface area (Å²) in [6.07, 6.45) is 0.515. The van der Waals surface area contributed by atoms with Crippen molar-refractivity contribution in [3.05, 3.63) is 50.2 Å². The number of azo groups is 1. The Morgan fingerprint density at radius 1 is 1.32 bits per heavy atom. The normalized spacial score (nSPS) is 11.0. The van der Waals surface area contributed by atoms with Gasteiger partial charge in [-0.1, -0.05) is 15.9 Å². The van der Waals surface area contributed by atoms with Gasteiger partial charge in [0.05, 0.1) is 5.69 Å². The van der Waals surface area contributed by atoms with Crippen LogP contribution in [0.1, 0.15) is 17.5 Å². The van der Waals surface area contributed by atoms with Crippen LogP contribution in [-0.4, -0.2) is 23.4 Å². The predicted molar refractivity (Wildman–Crippen MR) is 96.6 cm³/mol. The second-order valence-corrected chi connectivity index (χ2v) is 6.18. The van der Waals surface area contributed by atoms with Crippen LogP contribution in [0.5, 0.6) is 5.88 Å². The number of nitrogens with zero attached hydrogens (tertiary/aromatic N) is 4. The number of methoxy groups -OCH3 is 1. The van der Waals surface area contributed by atoms with E-state index in [0.717, 1.165) is 9.04 Å². The van der Waals surface area contributed by atoms with Crippen LogP contribution in [0, 0.1) is 18.3 Å². The molecule has 25 heavy (non-hydrogen) atoms. The fourth-order valence-electron chi connectivity index (χ4n) is 2.25. The fraction of sp³-hybridized carbons (Fsp3) is 0.294. The summed E-state index contributed by atoms with van der Waals surface area (Å²) in [7, 11) is 1.55. The summed E-state index contributed by atoms with van der Waals surface area (Å²) in [5, 5.41) is 27.6. The quantitative estimate of drug-likeness (QED) is 0.581. The molecule has 0 fully saturated rings. The molecule has 0 amide bonds. The lowest BCUT2D eigenvalue weighted by Gasteiger charge is -2.12. The molecule has 1 N–H and O–H groups in total. The zero-order valence-electron chi connectivity index (χ0n) is 13.9. The number of aromatic nitrogens is 1. The molecule has 1 aromatic carbocycles. The predicted octanol–water partition coefficient (Wildman–Crippen LogP) is 3.95. The first-order valence-electron chi connectivity index (χ1n) is 7.52. The molecule has 0 saturated carbocycles. The average Bonchev–Trinajstić information content (AvgIpc) is 2.60. The van der Waals surface area contributed by atoms with E-state index in [4.69, 9.17) is 4.74 Å². The van der Waals surface area contributed by atoms with Crippen LogP contribution < -0.4 is 5.56 Å². The van der Waals surface area contributed by atoms with Gasteiger partial charge < -0.3 is 9.84 Å². The lowest BCUT2D eigenvalue weighted by atomic mass is 10.1. The van der Waals surface area contributed by atoms with Gasteiger partial charge in [-0.25, -0.2) is 0 Å². The maximum Gasteiger partial charge on any atom is 0.281 e. The van der Waals surface area contributed by atoms with E-state index in [2.05, 4.69) is 26.2 Å². The van der Waals surface area contributed by atoms with E-state index >= 15 is 0 Å². The summed E-state index contributed by atoms with van der Waals surface area (Å²) in [6, 6.07) is 9.02. The van der Waals surface area contributed by atoms with E-state index in [9.17, 15) is 15.2 Å². The number of aromatic hydroxyl groups is 1. The summed E-state index contributed by atoms with van der Waals surface area (Å²) in [6.45, 7) is 2.21. The van der Waals surface area contributed by atoms with Crippen molar-refractivity contribution in [1.82, 2.24) is 4.57 Å². The molecule has 7 nitrogen and oxygen atoms in total. The van der Waals surface area contributed by atoms with Crippen molar-refractivity contribution in [2.24, 2.45) is 10.2 Å². The molecule has 0 radical (unpaired) electrons. The Labute approximate surface area is 153 Å². The molecule has 0 aliphatic heterocycles. The third kappa shape index (κ3) is 4.32. The van der Waals surface area contributed by atoms with Crippen molar-refractivity contribution in [3.8, 4) is 11.9 Å². The standard InChI is InChI=1S/C17H17BrN4O3/c1-11-14(10-19)16(23)22(8-3-9-25-2)17(24)15(11)21-20-13-6-4-12(18)5-7-13/h4-7,23H,3,8-9H2,1-2H3. The van der Waals surface area contributed by atoms with Crippen LogP contribution in [0.15, 0.2) is 43.8 Å². The highest BCUT2D eigenvalue weighted by molar-refractivity contribution is 9.10. The van der Waals surface area contributed by atoms with Crippen molar-refractivity contribution in [2.45, 2.75) is 19.9 Å². The van der Waals surface area contributed by atoms with Crippen molar-refractivity contribution in [1.29, 1.82) is 5.26 Å². The minimum Gasteiger partial charge on any atom is -0.493 e. The highest BCUT2D eigenvalue weighted by Gasteiger charge is 2.18. The van der Waals surface area contributed by atoms with Crippen LogP contribution in [-0.2, 0) is 11.3 Å². The Morgan fingerprint density at radius 3 is 2.60 bits per heavy atom. The molecule has 2 rings (SSSR count). The molecule has 0 aliphatic rings. The van der Waals surface area contributed by atoms with Gasteiger partial charge in [0.2, 0.25) is 5.88 Å². The summed E-state index contributed by atoms with van der Waals surface area (Å²) in [5.74, 6) is -0.358. The molecular weight excluding hydrogens is 388 g/mol. The van der Waals surface area contributed by atoms with Crippen molar-refractivity contribution in [3.63, 3.8) is 0 Å². The molecule has 0 saturated heterocycles. The first kappa shape index (κ1) is 18.8. The van der Waals surface area contributed by atoms with Crippen LogP contribution in [0.2, 0.25) is 0 Å². The van der Waals surface area contributed by atoms with Crippen LogP contribution in [0.25, 0.3) is 0 Å². The Morgan fingerprint density at radius 2 is 2.00 bits per heavy atom. The molecule has 1 heterocycles. The van der Waals surface area contributed by atoms with E-state index in [1.54, 1.807) is 26.2 Å². The monoisotopic (exact) mass is 404 g/mol. The van der Waals surface area contributed by atoms with E-state index < -0.39 is 5.56 Å². The van der Waals surface area contributed by atoms with Gasteiger partial charge >= 0.3 is 0 Å². The van der Waals surface area contributed by atoms with Crippen LogP contribution in [0.3, 0.4) is 0 Å².